The maximum atomic E-state index is 14.6. The second-order valence-electron chi connectivity index (χ2n) is 6.87. The number of hydrogen-bond acceptors (Lipinski definition) is 8. The Balaban J connectivity index is 1.45. The number of tetrazole rings is 1. The van der Waals surface area contributed by atoms with Crippen molar-refractivity contribution in [2.24, 2.45) is 0 Å². The molecule has 0 aliphatic rings. The van der Waals surface area contributed by atoms with Crippen LogP contribution in [0.15, 0.2) is 42.9 Å². The molecule has 0 unspecified atom stereocenters. The quantitative estimate of drug-likeness (QED) is 0.432. The molecule has 1 aromatic carbocycles. The van der Waals surface area contributed by atoms with Gasteiger partial charge in [0.1, 0.15) is 0 Å². The number of aromatic nitrogens is 6. The first-order valence-corrected chi connectivity index (χ1v) is 9.72. The van der Waals surface area contributed by atoms with Crippen molar-refractivity contribution in [3.05, 3.63) is 65.4 Å². The van der Waals surface area contributed by atoms with E-state index < -0.39 is 5.82 Å². The topological polar surface area (TPSA) is 107 Å². The fourth-order valence-electron chi connectivity index (χ4n) is 3.12. The van der Waals surface area contributed by atoms with Crippen LogP contribution in [0.3, 0.4) is 0 Å². The summed E-state index contributed by atoms with van der Waals surface area (Å²) < 4.78 is 21.3. The predicted molar refractivity (Wildman–Crippen MR) is 111 cm³/mol. The van der Waals surface area contributed by atoms with Gasteiger partial charge in [-0.05, 0) is 58.7 Å². The smallest absolute Gasteiger partial charge is 0.227 e. The van der Waals surface area contributed by atoms with E-state index in [9.17, 15) is 9.18 Å². The second kappa shape index (κ2) is 8.82. The molecule has 0 aliphatic heterocycles. The number of anilines is 2. The van der Waals surface area contributed by atoms with Gasteiger partial charge in [0, 0.05) is 24.4 Å². The van der Waals surface area contributed by atoms with E-state index in [0.717, 1.165) is 11.3 Å². The van der Waals surface area contributed by atoms with Gasteiger partial charge < -0.3 is 10.1 Å². The molecule has 0 radical (unpaired) electrons. The molecule has 3 heterocycles. The minimum atomic E-state index is -0.452. The summed E-state index contributed by atoms with van der Waals surface area (Å²) in [5.74, 6) is -0.0188. The third kappa shape index (κ3) is 4.47. The molecule has 0 amide bonds. The van der Waals surface area contributed by atoms with Crippen LogP contribution >= 0.6 is 0 Å². The fraction of sp³-hybridized carbons (Fsp3) is 0.238. The van der Waals surface area contributed by atoms with Crippen LogP contribution in [0.4, 0.5) is 16.0 Å². The zero-order valence-electron chi connectivity index (χ0n) is 17.0. The Morgan fingerprint density at radius 1 is 1.19 bits per heavy atom. The summed E-state index contributed by atoms with van der Waals surface area (Å²) in [6.07, 6.45) is 6.34. The van der Waals surface area contributed by atoms with Crippen molar-refractivity contribution in [1.82, 2.24) is 30.0 Å². The van der Waals surface area contributed by atoms with Crippen LogP contribution in [0, 0.1) is 5.82 Å². The molecule has 0 fully saturated rings. The summed E-state index contributed by atoms with van der Waals surface area (Å²) in [5.41, 5.74) is 3.08. The van der Waals surface area contributed by atoms with Crippen LogP contribution in [0.25, 0.3) is 5.65 Å². The Morgan fingerprint density at radius 3 is 2.74 bits per heavy atom. The van der Waals surface area contributed by atoms with Crippen molar-refractivity contribution in [3.63, 3.8) is 0 Å². The molecule has 31 heavy (non-hydrogen) atoms. The Bertz CT molecular complexity index is 1220. The summed E-state index contributed by atoms with van der Waals surface area (Å²) >= 11 is 0. The molecule has 0 spiro atoms. The minimum Gasteiger partial charge on any atom is -0.494 e. The number of nitrogens with one attached hydrogen (secondary N) is 1. The first-order chi connectivity index (χ1) is 15.1. The molecule has 4 rings (SSSR count). The number of ether oxygens (including phenoxy) is 1. The van der Waals surface area contributed by atoms with E-state index in [2.05, 4.69) is 30.8 Å². The van der Waals surface area contributed by atoms with Crippen LogP contribution in [-0.2, 0) is 12.8 Å². The number of benzene rings is 1. The Morgan fingerprint density at radius 2 is 2.00 bits per heavy atom. The Hall–Kier alpha value is -3.95. The molecular weight excluding hydrogens is 401 g/mol. The average molecular weight is 421 g/mol. The predicted octanol–water partition coefficient (Wildman–Crippen LogP) is 3.18. The van der Waals surface area contributed by atoms with Crippen LogP contribution in [-0.4, -0.2) is 42.9 Å². The van der Waals surface area contributed by atoms with Crippen molar-refractivity contribution in [3.8, 4) is 5.75 Å². The summed E-state index contributed by atoms with van der Waals surface area (Å²) in [7, 11) is 1.39. The van der Waals surface area contributed by atoms with Crippen molar-refractivity contribution in [1.29, 1.82) is 0 Å². The molecule has 9 nitrogen and oxygen atoms in total. The number of aryl methyl sites for hydroxylation is 2. The fourth-order valence-corrected chi connectivity index (χ4v) is 3.12. The third-order valence-corrected chi connectivity index (χ3v) is 4.81. The zero-order valence-corrected chi connectivity index (χ0v) is 17.0. The number of ketones is 1. The highest BCUT2D eigenvalue weighted by Gasteiger charge is 2.15. The number of hydrogen-bond donors (Lipinski definition) is 1. The first-order valence-electron chi connectivity index (χ1n) is 9.72. The van der Waals surface area contributed by atoms with Crippen LogP contribution < -0.4 is 10.1 Å². The molecule has 0 saturated heterocycles. The minimum absolute atomic E-state index is 0.0572. The highest BCUT2D eigenvalue weighted by molar-refractivity contribution is 5.96. The van der Waals surface area contributed by atoms with Crippen LogP contribution in [0.1, 0.15) is 34.8 Å². The zero-order chi connectivity index (χ0) is 21.8. The van der Waals surface area contributed by atoms with E-state index in [1.54, 1.807) is 37.6 Å². The van der Waals surface area contributed by atoms with Gasteiger partial charge >= 0.3 is 0 Å². The monoisotopic (exact) mass is 421 g/mol. The van der Waals surface area contributed by atoms with Gasteiger partial charge in [0.15, 0.2) is 23.0 Å². The maximum Gasteiger partial charge on any atom is 0.227 e. The summed E-state index contributed by atoms with van der Waals surface area (Å²) in [5, 5.41) is 14.4. The number of methoxy groups -OCH3 is 1. The lowest BCUT2D eigenvalue weighted by atomic mass is 10.00. The summed E-state index contributed by atoms with van der Waals surface area (Å²) in [4.78, 5) is 20.7. The molecule has 0 saturated carbocycles. The molecule has 0 bridgehead atoms. The average Bonchev–Trinajstić information content (AvgIpc) is 3.26. The number of carbonyl (C=O) groups excluding carboxylic acids is 1. The summed E-state index contributed by atoms with van der Waals surface area (Å²) in [6.45, 7) is 1.77. The molecule has 4 aromatic rings. The van der Waals surface area contributed by atoms with Gasteiger partial charge in [-0.15, -0.1) is 5.10 Å². The van der Waals surface area contributed by atoms with Crippen molar-refractivity contribution in [2.45, 2.75) is 26.2 Å². The van der Waals surface area contributed by atoms with Crippen molar-refractivity contribution < 1.29 is 13.9 Å². The number of carbonyl (C=O) groups is 1. The highest BCUT2D eigenvalue weighted by atomic mass is 19.1. The molecular formula is C21H20FN7O2. The Labute approximate surface area is 177 Å². The maximum absolute atomic E-state index is 14.6. The van der Waals surface area contributed by atoms with Gasteiger partial charge in [-0.25, -0.2) is 14.4 Å². The number of halogens is 1. The molecule has 0 aliphatic carbocycles. The van der Waals surface area contributed by atoms with Gasteiger partial charge in [0.25, 0.3) is 0 Å². The highest BCUT2D eigenvalue weighted by Crippen LogP contribution is 2.25. The number of Topliss-reactive ketones (excluding diaryl/α,β-unsaturated/α-hetero) is 1. The summed E-state index contributed by atoms with van der Waals surface area (Å²) in [6, 6.07) is 6.64. The van der Waals surface area contributed by atoms with Gasteiger partial charge in [0.2, 0.25) is 5.95 Å². The van der Waals surface area contributed by atoms with Gasteiger partial charge in [-0.3, -0.25) is 4.79 Å². The SMILES string of the molecule is CCC(=O)c1cc(CCc2cnc(Nc3ccc4nnnn4c3)nc2)c(F)c(OC)c1. The molecule has 1 N–H and O–H groups in total. The van der Waals surface area contributed by atoms with Crippen molar-refractivity contribution >= 4 is 23.1 Å². The lowest BCUT2D eigenvalue weighted by Gasteiger charge is -2.11. The van der Waals surface area contributed by atoms with Crippen LogP contribution in [0.5, 0.6) is 5.75 Å². The largest absolute Gasteiger partial charge is 0.494 e. The lowest BCUT2D eigenvalue weighted by Crippen LogP contribution is -2.05. The number of nitrogens with zero attached hydrogens (tertiary/aromatic N) is 6. The third-order valence-electron chi connectivity index (χ3n) is 4.81. The van der Waals surface area contributed by atoms with Gasteiger partial charge in [-0.2, -0.15) is 4.52 Å². The second-order valence-corrected chi connectivity index (χ2v) is 6.87. The van der Waals surface area contributed by atoms with E-state index >= 15 is 0 Å². The standard InChI is InChI=1S/C21H20FN7O2/c1-3-17(30)15-8-14(20(22)18(9-15)31-2)5-4-13-10-23-21(24-11-13)25-16-6-7-19-26-27-28-29(19)12-16/h6-12H,3-5H2,1-2H3,(H,23,24,25). The molecule has 10 heteroatoms. The number of fused-ring (bicyclic) bond motifs is 1. The van der Waals surface area contributed by atoms with Crippen LogP contribution in [0.2, 0.25) is 0 Å². The number of rotatable bonds is 8. The van der Waals surface area contributed by atoms with Crippen molar-refractivity contribution in [2.75, 3.05) is 12.4 Å². The van der Waals surface area contributed by atoms with Gasteiger partial charge in [0.05, 0.1) is 19.0 Å². The Kier molecular flexibility index (Phi) is 5.78. The van der Waals surface area contributed by atoms with E-state index in [1.165, 1.54) is 17.7 Å². The normalized spacial score (nSPS) is 10.9. The number of pyridine rings is 1. The first kappa shape index (κ1) is 20.3. The molecule has 158 valence electrons. The van der Waals surface area contributed by atoms with Gasteiger partial charge in [-0.1, -0.05) is 6.92 Å². The molecule has 3 aromatic heterocycles. The molecule has 0 atom stereocenters. The van der Waals surface area contributed by atoms with E-state index in [0.29, 0.717) is 42.0 Å². The van der Waals surface area contributed by atoms with E-state index in [1.807, 2.05) is 6.07 Å². The lowest BCUT2D eigenvalue weighted by molar-refractivity contribution is 0.0987. The van der Waals surface area contributed by atoms with E-state index in [-0.39, 0.29) is 11.5 Å². The van der Waals surface area contributed by atoms with E-state index in [4.69, 9.17) is 4.74 Å².